The van der Waals surface area contributed by atoms with Crippen LogP contribution in [0.2, 0.25) is 0 Å². The van der Waals surface area contributed by atoms with Crippen LogP contribution in [0.4, 0.5) is 9.18 Å². The predicted molar refractivity (Wildman–Crippen MR) is 160 cm³/mol. The molecule has 226 valence electrons. The number of carbonyl (C=O) groups excluding carboxylic acids is 2. The smallest absolute Gasteiger partial charge is 0.410 e. The maximum atomic E-state index is 15.0. The molecule has 1 saturated heterocycles. The summed E-state index contributed by atoms with van der Waals surface area (Å²) in [6.45, 7) is 13.5. The largest absolute Gasteiger partial charge is 0.493 e. The number of piperidine rings is 1. The molecule has 2 aromatic rings. The third kappa shape index (κ3) is 8.68. The normalized spacial score (nSPS) is 15.6. The van der Waals surface area contributed by atoms with E-state index in [1.165, 1.54) is 6.07 Å². The Morgan fingerprint density at radius 3 is 2.49 bits per heavy atom. The van der Waals surface area contributed by atoms with Crippen LogP contribution < -0.4 is 4.74 Å². The second kappa shape index (κ2) is 14.7. The molecule has 3 rings (SSSR count). The lowest BCUT2D eigenvalue weighted by Gasteiger charge is -2.42. The number of ether oxygens (including phenoxy) is 3. The number of hydrogen-bond donors (Lipinski definition) is 0. The van der Waals surface area contributed by atoms with Crippen LogP contribution in [0.1, 0.15) is 83.1 Å². The molecule has 1 fully saturated rings. The van der Waals surface area contributed by atoms with Crippen LogP contribution in [0.3, 0.4) is 0 Å². The fourth-order valence-corrected chi connectivity index (χ4v) is 5.33. The minimum Gasteiger partial charge on any atom is -0.493 e. The SMILES string of the molecule is CCCc1cc(-c2ccccc2F)c(OCCCOC)cc1C(=O)N(C(C)C)[C@@H]1CCCN(C(=O)OC(C)(C)C)C1. The Labute approximate surface area is 244 Å². The first kappa shape index (κ1) is 32.4. The Hall–Kier alpha value is -3.13. The maximum Gasteiger partial charge on any atom is 0.410 e. The zero-order valence-electron chi connectivity index (χ0n) is 25.8. The molecule has 2 aromatic carbocycles. The van der Waals surface area contributed by atoms with Crippen molar-refractivity contribution in [3.8, 4) is 16.9 Å². The first-order chi connectivity index (χ1) is 19.5. The van der Waals surface area contributed by atoms with E-state index in [9.17, 15) is 14.0 Å². The minimum absolute atomic E-state index is 0.0992. The summed E-state index contributed by atoms with van der Waals surface area (Å²) in [6, 6.07) is 10.1. The molecule has 0 aromatic heterocycles. The predicted octanol–water partition coefficient (Wildman–Crippen LogP) is 7.11. The summed E-state index contributed by atoms with van der Waals surface area (Å²) in [5.41, 5.74) is 1.88. The van der Waals surface area contributed by atoms with E-state index in [0.717, 1.165) is 24.8 Å². The third-order valence-corrected chi connectivity index (χ3v) is 7.10. The number of hydrogen-bond acceptors (Lipinski definition) is 5. The Morgan fingerprint density at radius 2 is 1.85 bits per heavy atom. The molecule has 1 aliphatic heterocycles. The molecule has 0 spiro atoms. The second-order valence-electron chi connectivity index (χ2n) is 12.0. The first-order valence-electron chi connectivity index (χ1n) is 14.8. The number of carbonyl (C=O) groups is 2. The van der Waals surface area contributed by atoms with Gasteiger partial charge in [0.1, 0.15) is 17.2 Å². The van der Waals surface area contributed by atoms with Crippen LogP contribution in [0, 0.1) is 5.82 Å². The van der Waals surface area contributed by atoms with Crippen LogP contribution in [0.25, 0.3) is 11.1 Å². The Balaban J connectivity index is 2.02. The molecule has 0 bridgehead atoms. The molecule has 1 aliphatic rings. The zero-order valence-corrected chi connectivity index (χ0v) is 25.8. The number of methoxy groups -OCH3 is 1. The van der Waals surface area contributed by atoms with E-state index >= 15 is 0 Å². The molecular formula is C33H47FN2O5. The van der Waals surface area contributed by atoms with Crippen molar-refractivity contribution in [1.82, 2.24) is 9.80 Å². The lowest BCUT2D eigenvalue weighted by Crippen LogP contribution is -2.54. The average molecular weight is 571 g/mol. The molecule has 8 heteroatoms. The van der Waals surface area contributed by atoms with Gasteiger partial charge in [0.2, 0.25) is 0 Å². The minimum atomic E-state index is -0.591. The number of nitrogens with zero attached hydrogens (tertiary/aromatic N) is 2. The van der Waals surface area contributed by atoms with Crippen LogP contribution in [-0.2, 0) is 15.9 Å². The summed E-state index contributed by atoms with van der Waals surface area (Å²) in [7, 11) is 1.64. The van der Waals surface area contributed by atoms with Gasteiger partial charge < -0.3 is 24.0 Å². The van der Waals surface area contributed by atoms with Crippen LogP contribution in [-0.4, -0.2) is 72.9 Å². The summed E-state index contributed by atoms with van der Waals surface area (Å²) in [5, 5.41) is 0. The lowest BCUT2D eigenvalue weighted by molar-refractivity contribution is 0.00749. The molecule has 0 aliphatic carbocycles. The number of benzene rings is 2. The lowest BCUT2D eigenvalue weighted by atomic mass is 9.93. The highest BCUT2D eigenvalue weighted by atomic mass is 19.1. The fraction of sp³-hybridized carbons (Fsp3) is 0.576. The number of likely N-dealkylation sites (tertiary alicyclic amines) is 1. The van der Waals surface area contributed by atoms with Gasteiger partial charge in [0.05, 0.1) is 12.6 Å². The Kier molecular flexibility index (Phi) is 11.6. The molecule has 7 nitrogen and oxygen atoms in total. The molecule has 0 N–H and O–H groups in total. The van der Waals surface area contributed by atoms with Crippen LogP contribution in [0.15, 0.2) is 36.4 Å². The first-order valence-corrected chi connectivity index (χ1v) is 14.8. The van der Waals surface area contributed by atoms with Gasteiger partial charge in [-0.2, -0.15) is 0 Å². The number of rotatable bonds is 11. The standard InChI is InChI=1S/C33H47FN2O5/c1-8-13-24-20-28(26-15-9-10-16-29(26)34)30(40-19-12-18-39-7)21-27(24)31(37)36(23(2)3)25-14-11-17-35(22-25)32(38)41-33(4,5)6/h9-10,15-16,20-21,23,25H,8,11-14,17-19,22H2,1-7H3/t25-/m1/s1. The highest BCUT2D eigenvalue weighted by Crippen LogP contribution is 2.36. The fourth-order valence-electron chi connectivity index (χ4n) is 5.33. The highest BCUT2D eigenvalue weighted by molar-refractivity contribution is 5.98. The number of halogens is 1. The van der Waals surface area contributed by atoms with Gasteiger partial charge in [-0.05, 0) is 77.6 Å². The van der Waals surface area contributed by atoms with Crippen molar-refractivity contribution in [3.63, 3.8) is 0 Å². The van der Waals surface area contributed by atoms with Crippen molar-refractivity contribution in [2.24, 2.45) is 0 Å². The molecule has 1 atom stereocenters. The summed E-state index contributed by atoms with van der Waals surface area (Å²) in [4.78, 5) is 30.8. The Bertz CT molecular complexity index is 1180. The van der Waals surface area contributed by atoms with Crippen molar-refractivity contribution in [2.75, 3.05) is 33.4 Å². The molecule has 1 heterocycles. The van der Waals surface area contributed by atoms with Gasteiger partial charge in [-0.15, -0.1) is 0 Å². The summed E-state index contributed by atoms with van der Waals surface area (Å²) in [5.74, 6) is 0.0162. The summed E-state index contributed by atoms with van der Waals surface area (Å²) in [6.07, 6.45) is 3.36. The van der Waals surface area contributed by atoms with Gasteiger partial charge in [0.15, 0.2) is 0 Å². The van der Waals surface area contributed by atoms with Gasteiger partial charge in [-0.1, -0.05) is 31.5 Å². The van der Waals surface area contributed by atoms with E-state index in [0.29, 0.717) is 61.6 Å². The molecule has 41 heavy (non-hydrogen) atoms. The maximum absolute atomic E-state index is 15.0. The second-order valence-corrected chi connectivity index (χ2v) is 12.0. The Morgan fingerprint density at radius 1 is 1.12 bits per heavy atom. The van der Waals surface area contributed by atoms with Crippen molar-refractivity contribution in [1.29, 1.82) is 0 Å². The van der Waals surface area contributed by atoms with Crippen molar-refractivity contribution >= 4 is 12.0 Å². The molecule has 2 amide bonds. The number of amides is 2. The molecule has 0 unspecified atom stereocenters. The van der Waals surface area contributed by atoms with Gasteiger partial charge in [-0.3, -0.25) is 4.79 Å². The van der Waals surface area contributed by atoms with Crippen molar-refractivity contribution < 1.29 is 28.2 Å². The molecule has 0 saturated carbocycles. The van der Waals surface area contributed by atoms with E-state index in [-0.39, 0.29) is 29.9 Å². The monoisotopic (exact) mass is 570 g/mol. The topological polar surface area (TPSA) is 68.3 Å². The van der Waals surface area contributed by atoms with E-state index in [1.807, 2.05) is 45.6 Å². The van der Waals surface area contributed by atoms with Crippen molar-refractivity contribution in [3.05, 3.63) is 53.3 Å². The molecule has 0 radical (unpaired) electrons. The zero-order chi connectivity index (χ0) is 30.2. The van der Waals surface area contributed by atoms with E-state index in [4.69, 9.17) is 14.2 Å². The summed E-state index contributed by atoms with van der Waals surface area (Å²) < 4.78 is 31.9. The summed E-state index contributed by atoms with van der Waals surface area (Å²) >= 11 is 0. The quantitative estimate of drug-likeness (QED) is 0.269. The van der Waals surface area contributed by atoms with Gasteiger partial charge >= 0.3 is 6.09 Å². The van der Waals surface area contributed by atoms with E-state index in [1.54, 1.807) is 36.3 Å². The highest BCUT2D eigenvalue weighted by Gasteiger charge is 2.35. The van der Waals surface area contributed by atoms with E-state index < -0.39 is 5.60 Å². The third-order valence-electron chi connectivity index (χ3n) is 7.10. The van der Waals surface area contributed by atoms with Gasteiger partial charge in [0, 0.05) is 56.0 Å². The van der Waals surface area contributed by atoms with Gasteiger partial charge in [0.25, 0.3) is 5.91 Å². The number of aryl methyl sites for hydroxylation is 1. The molecular weight excluding hydrogens is 523 g/mol. The van der Waals surface area contributed by atoms with Crippen LogP contribution >= 0.6 is 0 Å². The van der Waals surface area contributed by atoms with E-state index in [2.05, 4.69) is 6.92 Å². The average Bonchev–Trinajstić information content (AvgIpc) is 2.91. The van der Waals surface area contributed by atoms with Gasteiger partial charge in [-0.25, -0.2) is 9.18 Å². The van der Waals surface area contributed by atoms with Crippen LogP contribution in [0.5, 0.6) is 5.75 Å². The van der Waals surface area contributed by atoms with Crippen molar-refractivity contribution in [2.45, 2.75) is 91.3 Å².